The van der Waals surface area contributed by atoms with Gasteiger partial charge < -0.3 is 14.9 Å². The molecule has 3 aliphatic heterocycles. The van der Waals surface area contributed by atoms with Crippen LogP contribution in [0.25, 0.3) is 0 Å². The highest BCUT2D eigenvalue weighted by molar-refractivity contribution is 6.02. The Balaban J connectivity index is 1.25. The molecule has 8 nitrogen and oxygen atoms in total. The van der Waals surface area contributed by atoms with Gasteiger partial charge in [-0.2, -0.15) is 0 Å². The van der Waals surface area contributed by atoms with Gasteiger partial charge in [-0.25, -0.2) is 0 Å². The molecule has 2 N–H and O–H groups in total. The summed E-state index contributed by atoms with van der Waals surface area (Å²) in [4.78, 5) is 41.7. The maximum atomic E-state index is 12.4. The molecule has 3 heterocycles. The van der Waals surface area contributed by atoms with Gasteiger partial charge in [-0.05, 0) is 44.4 Å². The van der Waals surface area contributed by atoms with Crippen LogP contribution < -0.4 is 15.1 Å². The SMILES string of the molecule is O=C(O)CCCCCCCN1CCN(c2cccc3c2CCN3C2CCC(=O)NC2=O)CC1. The molecule has 0 bridgehead atoms. The Morgan fingerprint density at radius 3 is 2.42 bits per heavy atom. The van der Waals surface area contributed by atoms with Crippen LogP contribution in [-0.2, 0) is 20.8 Å². The fraction of sp³-hybridized carbons (Fsp3) is 0.640. The Morgan fingerprint density at radius 2 is 1.67 bits per heavy atom. The number of benzene rings is 1. The van der Waals surface area contributed by atoms with Crippen molar-refractivity contribution in [3.63, 3.8) is 0 Å². The molecule has 4 rings (SSSR count). The summed E-state index contributed by atoms with van der Waals surface area (Å²) in [6, 6.07) is 6.16. The number of carboxylic acid groups (broad SMARTS) is 1. The average Bonchev–Trinajstić information content (AvgIpc) is 3.23. The van der Waals surface area contributed by atoms with Crippen molar-refractivity contribution < 1.29 is 19.5 Å². The molecule has 180 valence electrons. The van der Waals surface area contributed by atoms with Crippen molar-refractivity contribution in [3.8, 4) is 0 Å². The molecule has 33 heavy (non-hydrogen) atoms. The number of piperazine rings is 1. The van der Waals surface area contributed by atoms with Crippen LogP contribution in [-0.4, -0.2) is 73.1 Å². The number of imide groups is 1. The maximum absolute atomic E-state index is 12.4. The van der Waals surface area contributed by atoms with E-state index in [1.54, 1.807) is 0 Å². The summed E-state index contributed by atoms with van der Waals surface area (Å²) in [7, 11) is 0. The lowest BCUT2D eigenvalue weighted by Gasteiger charge is -2.37. The van der Waals surface area contributed by atoms with Gasteiger partial charge in [0, 0.05) is 62.5 Å². The standard InChI is InChI=1S/C25H36N4O4/c30-23-11-10-22(25(33)26-23)29-14-12-19-20(7-6-8-21(19)29)28-17-15-27(16-18-28)13-5-3-1-2-4-9-24(31)32/h6-8,22H,1-5,9-18H2,(H,31,32)(H,26,30,33). The molecule has 0 aliphatic carbocycles. The van der Waals surface area contributed by atoms with Crippen LogP contribution in [0.5, 0.6) is 0 Å². The monoisotopic (exact) mass is 456 g/mol. The molecular weight excluding hydrogens is 420 g/mol. The van der Waals surface area contributed by atoms with Crippen LogP contribution in [0.2, 0.25) is 0 Å². The van der Waals surface area contributed by atoms with Crippen LogP contribution in [0.1, 0.15) is 56.9 Å². The van der Waals surface area contributed by atoms with E-state index in [4.69, 9.17) is 5.11 Å². The van der Waals surface area contributed by atoms with Crippen molar-refractivity contribution in [2.75, 3.05) is 49.1 Å². The Hall–Kier alpha value is -2.61. The number of hydrogen-bond donors (Lipinski definition) is 2. The zero-order valence-electron chi connectivity index (χ0n) is 19.4. The summed E-state index contributed by atoms with van der Waals surface area (Å²) in [5, 5.41) is 11.2. The number of nitrogens with zero attached hydrogens (tertiary/aromatic N) is 3. The van der Waals surface area contributed by atoms with Crippen LogP contribution in [0, 0.1) is 0 Å². The van der Waals surface area contributed by atoms with E-state index in [1.807, 2.05) is 0 Å². The minimum atomic E-state index is -0.694. The minimum absolute atomic E-state index is 0.166. The van der Waals surface area contributed by atoms with E-state index in [9.17, 15) is 14.4 Å². The second kappa shape index (κ2) is 11.0. The molecule has 2 fully saturated rings. The van der Waals surface area contributed by atoms with Crippen molar-refractivity contribution in [2.45, 2.75) is 63.8 Å². The van der Waals surface area contributed by atoms with E-state index in [0.29, 0.717) is 12.8 Å². The number of nitrogens with one attached hydrogen (secondary N) is 1. The topological polar surface area (TPSA) is 93.2 Å². The minimum Gasteiger partial charge on any atom is -0.481 e. The Bertz CT molecular complexity index is 866. The van der Waals surface area contributed by atoms with E-state index >= 15 is 0 Å². The quantitative estimate of drug-likeness (QED) is 0.412. The van der Waals surface area contributed by atoms with Crippen LogP contribution in [0.15, 0.2) is 18.2 Å². The molecule has 1 atom stereocenters. The molecule has 1 aromatic rings. The third kappa shape index (κ3) is 5.85. The molecule has 1 aromatic carbocycles. The molecule has 0 radical (unpaired) electrons. The van der Waals surface area contributed by atoms with Gasteiger partial charge in [-0.1, -0.05) is 25.3 Å². The highest BCUT2D eigenvalue weighted by Crippen LogP contribution is 2.38. The third-order valence-electron chi connectivity index (χ3n) is 7.20. The van der Waals surface area contributed by atoms with E-state index in [2.05, 4.69) is 38.2 Å². The van der Waals surface area contributed by atoms with Gasteiger partial charge in [0.15, 0.2) is 0 Å². The smallest absolute Gasteiger partial charge is 0.303 e. The molecule has 2 amide bonds. The van der Waals surface area contributed by atoms with Crippen LogP contribution in [0.4, 0.5) is 11.4 Å². The number of amides is 2. The van der Waals surface area contributed by atoms with Gasteiger partial charge in [-0.3, -0.25) is 24.6 Å². The van der Waals surface area contributed by atoms with Crippen LogP contribution >= 0.6 is 0 Å². The van der Waals surface area contributed by atoms with Crippen molar-refractivity contribution in [1.82, 2.24) is 10.2 Å². The molecule has 0 spiro atoms. The molecule has 3 aliphatic rings. The van der Waals surface area contributed by atoms with Crippen molar-refractivity contribution in [1.29, 1.82) is 0 Å². The first-order valence-corrected chi connectivity index (χ1v) is 12.4. The van der Waals surface area contributed by atoms with Gasteiger partial charge in [0.25, 0.3) is 0 Å². The Morgan fingerprint density at radius 1 is 0.939 bits per heavy atom. The van der Waals surface area contributed by atoms with E-state index in [0.717, 1.165) is 70.6 Å². The number of anilines is 2. The van der Waals surface area contributed by atoms with Gasteiger partial charge >= 0.3 is 5.97 Å². The molecule has 1 unspecified atom stereocenters. The van der Waals surface area contributed by atoms with Crippen molar-refractivity contribution in [3.05, 3.63) is 23.8 Å². The number of carbonyl (C=O) groups excluding carboxylic acids is 2. The predicted molar refractivity (Wildman–Crippen MR) is 128 cm³/mol. The number of piperidine rings is 1. The van der Waals surface area contributed by atoms with E-state index in [-0.39, 0.29) is 24.3 Å². The molecule has 0 saturated carbocycles. The number of fused-ring (bicyclic) bond motifs is 1. The zero-order valence-corrected chi connectivity index (χ0v) is 19.4. The summed E-state index contributed by atoms with van der Waals surface area (Å²) in [5.74, 6) is -1.03. The normalized spacial score (nSPS) is 21.3. The molecule has 0 aromatic heterocycles. The summed E-state index contributed by atoms with van der Waals surface area (Å²) < 4.78 is 0. The number of hydrogen-bond acceptors (Lipinski definition) is 6. The lowest BCUT2D eigenvalue weighted by molar-refractivity contribution is -0.137. The highest BCUT2D eigenvalue weighted by Gasteiger charge is 2.36. The fourth-order valence-electron chi connectivity index (χ4n) is 5.39. The largest absolute Gasteiger partial charge is 0.481 e. The maximum Gasteiger partial charge on any atom is 0.303 e. The number of carbonyl (C=O) groups is 3. The second-order valence-electron chi connectivity index (χ2n) is 9.43. The van der Waals surface area contributed by atoms with Gasteiger partial charge in [0.05, 0.1) is 0 Å². The van der Waals surface area contributed by atoms with Gasteiger partial charge in [-0.15, -0.1) is 0 Å². The average molecular weight is 457 g/mol. The summed E-state index contributed by atoms with van der Waals surface area (Å²) in [5.41, 5.74) is 3.77. The Labute approximate surface area is 195 Å². The summed E-state index contributed by atoms with van der Waals surface area (Å²) in [6.07, 6.45) is 7.48. The van der Waals surface area contributed by atoms with Crippen molar-refractivity contribution in [2.24, 2.45) is 0 Å². The zero-order chi connectivity index (χ0) is 23.2. The molecule has 8 heteroatoms. The van der Waals surface area contributed by atoms with Gasteiger partial charge in [0.1, 0.15) is 6.04 Å². The lowest BCUT2D eigenvalue weighted by Crippen LogP contribution is -2.52. The number of aliphatic carboxylic acids is 1. The van der Waals surface area contributed by atoms with Crippen molar-refractivity contribution >= 4 is 29.2 Å². The fourth-order valence-corrected chi connectivity index (χ4v) is 5.39. The first kappa shape index (κ1) is 23.5. The summed E-state index contributed by atoms with van der Waals surface area (Å²) >= 11 is 0. The summed E-state index contributed by atoms with van der Waals surface area (Å²) in [6.45, 7) is 6.06. The second-order valence-corrected chi connectivity index (χ2v) is 9.43. The molecule has 2 saturated heterocycles. The van der Waals surface area contributed by atoms with Crippen LogP contribution in [0.3, 0.4) is 0 Å². The van der Waals surface area contributed by atoms with E-state index < -0.39 is 5.97 Å². The van der Waals surface area contributed by atoms with Gasteiger partial charge in [0.2, 0.25) is 11.8 Å². The predicted octanol–water partition coefficient (Wildman–Crippen LogP) is 2.40. The number of unbranched alkanes of at least 4 members (excludes halogenated alkanes) is 4. The highest BCUT2D eigenvalue weighted by atomic mass is 16.4. The third-order valence-corrected chi connectivity index (χ3v) is 7.20. The van der Waals surface area contributed by atoms with E-state index in [1.165, 1.54) is 24.1 Å². The lowest BCUT2D eigenvalue weighted by atomic mass is 10.0. The first-order valence-electron chi connectivity index (χ1n) is 12.4. The Kier molecular flexibility index (Phi) is 7.85. The number of rotatable bonds is 10. The first-order chi connectivity index (χ1) is 16.0. The number of carboxylic acids is 1. The molecular formula is C25H36N4O4.